The molecule has 0 unspecified atom stereocenters. The van der Waals surface area contributed by atoms with Crippen LogP contribution in [0.25, 0.3) is 0 Å². The molecule has 54 valence electrons. The summed E-state index contributed by atoms with van der Waals surface area (Å²) in [5, 5.41) is 8.23. The van der Waals surface area contributed by atoms with Crippen molar-refractivity contribution in [3.05, 3.63) is 11.4 Å². The van der Waals surface area contributed by atoms with E-state index in [0.717, 1.165) is 7.11 Å². The summed E-state index contributed by atoms with van der Waals surface area (Å²) in [7, 11) is 1.14. The van der Waals surface area contributed by atoms with Crippen molar-refractivity contribution in [1.82, 2.24) is 0 Å². The molecular weight excluding hydrogens is 134 g/mol. The second-order valence-corrected chi connectivity index (χ2v) is 1.43. The van der Waals surface area contributed by atoms with Gasteiger partial charge in [0, 0.05) is 0 Å². The van der Waals surface area contributed by atoms with Crippen LogP contribution in [0.3, 0.4) is 0 Å². The number of carbonyl (C=O) groups excluding carboxylic acids is 1. The van der Waals surface area contributed by atoms with Crippen LogP contribution in [0.1, 0.15) is 0 Å². The van der Waals surface area contributed by atoms with E-state index in [4.69, 9.17) is 16.7 Å². The van der Waals surface area contributed by atoms with E-state index in [0.29, 0.717) is 0 Å². The summed E-state index contributed by atoms with van der Waals surface area (Å²) in [6, 6.07) is 1.51. The highest BCUT2D eigenvalue weighted by Gasteiger charge is 2.10. The molecule has 0 aromatic rings. The maximum Gasteiger partial charge on any atom is 0.352 e. The van der Waals surface area contributed by atoms with Crippen LogP contribution in [0.2, 0.25) is 0 Å². The van der Waals surface area contributed by atoms with Crippen LogP contribution in [0.4, 0.5) is 0 Å². The molecule has 0 aliphatic rings. The third kappa shape index (κ3) is 1.67. The van der Waals surface area contributed by atoms with Gasteiger partial charge in [0.05, 0.1) is 7.11 Å². The van der Waals surface area contributed by atoms with Crippen LogP contribution in [0, 0.1) is 11.3 Å². The van der Waals surface area contributed by atoms with Gasteiger partial charge < -0.3 is 16.2 Å². The number of methoxy groups -OCH3 is 1. The lowest BCUT2D eigenvalue weighted by Gasteiger charge is -1.96. The smallest absolute Gasteiger partial charge is 0.352 e. The SMILES string of the molecule is COC(=O)C(C#N)=C(N)N. The zero-order valence-corrected chi connectivity index (χ0v) is 5.42. The van der Waals surface area contributed by atoms with Crippen LogP contribution in [0.15, 0.2) is 11.4 Å². The number of hydrogen-bond donors (Lipinski definition) is 2. The molecule has 0 rings (SSSR count). The maximum atomic E-state index is 10.5. The van der Waals surface area contributed by atoms with Crippen molar-refractivity contribution < 1.29 is 9.53 Å². The van der Waals surface area contributed by atoms with Crippen molar-refractivity contribution in [2.45, 2.75) is 0 Å². The molecule has 0 saturated heterocycles. The Kier molecular flexibility index (Phi) is 2.78. The van der Waals surface area contributed by atoms with E-state index < -0.39 is 5.97 Å². The molecule has 0 bridgehead atoms. The minimum absolute atomic E-state index is 0.325. The molecule has 0 amide bonds. The first-order chi connectivity index (χ1) is 4.63. The van der Waals surface area contributed by atoms with E-state index in [9.17, 15) is 4.79 Å². The molecule has 0 aliphatic carbocycles. The van der Waals surface area contributed by atoms with Crippen molar-refractivity contribution in [3.63, 3.8) is 0 Å². The number of nitriles is 1. The molecule has 0 saturated carbocycles. The summed E-state index contributed by atoms with van der Waals surface area (Å²) in [4.78, 5) is 10.5. The number of carbonyl (C=O) groups is 1. The quantitative estimate of drug-likeness (QED) is 0.271. The zero-order valence-electron chi connectivity index (χ0n) is 5.42. The van der Waals surface area contributed by atoms with E-state index in [2.05, 4.69) is 4.74 Å². The normalized spacial score (nSPS) is 7.60. The minimum Gasteiger partial charge on any atom is -0.465 e. The van der Waals surface area contributed by atoms with Gasteiger partial charge in [-0.2, -0.15) is 5.26 Å². The lowest BCUT2D eigenvalue weighted by atomic mass is 10.3. The standard InChI is InChI=1S/C5H7N3O2/c1-10-5(9)3(2-6)4(7)8/h7-8H2,1H3. The topological polar surface area (TPSA) is 102 Å². The first-order valence-electron chi connectivity index (χ1n) is 2.37. The van der Waals surface area contributed by atoms with Crippen LogP contribution in [0.5, 0.6) is 0 Å². The van der Waals surface area contributed by atoms with Crippen molar-refractivity contribution in [3.8, 4) is 6.07 Å². The Balaban J connectivity index is 4.59. The van der Waals surface area contributed by atoms with Gasteiger partial charge in [0.25, 0.3) is 0 Å². The Labute approximate surface area is 57.9 Å². The van der Waals surface area contributed by atoms with Gasteiger partial charge in [0.2, 0.25) is 0 Å². The van der Waals surface area contributed by atoms with Gasteiger partial charge in [-0.05, 0) is 0 Å². The predicted octanol–water partition coefficient (Wildman–Crippen LogP) is -1.19. The Hall–Kier alpha value is -1.70. The first kappa shape index (κ1) is 8.30. The molecule has 0 aliphatic heterocycles. The van der Waals surface area contributed by atoms with Crippen molar-refractivity contribution in [1.29, 1.82) is 5.26 Å². The lowest BCUT2D eigenvalue weighted by molar-refractivity contribution is -0.135. The first-order valence-corrected chi connectivity index (χ1v) is 2.37. The highest BCUT2D eigenvalue weighted by molar-refractivity contribution is 5.93. The molecule has 0 heterocycles. The summed E-state index contributed by atoms with van der Waals surface area (Å²) in [5.74, 6) is -1.14. The average molecular weight is 141 g/mol. The van der Waals surface area contributed by atoms with Gasteiger partial charge in [-0.15, -0.1) is 0 Å². The zero-order chi connectivity index (χ0) is 8.15. The second-order valence-electron chi connectivity index (χ2n) is 1.43. The summed E-state index contributed by atoms with van der Waals surface area (Å²) < 4.78 is 4.19. The van der Waals surface area contributed by atoms with E-state index in [1.165, 1.54) is 6.07 Å². The molecular formula is C5H7N3O2. The average Bonchev–Trinajstić information content (AvgIpc) is 1.88. The Bertz CT molecular complexity index is 209. The molecule has 0 fully saturated rings. The number of rotatable bonds is 1. The third-order valence-electron chi connectivity index (χ3n) is 0.790. The Morgan fingerprint density at radius 3 is 2.20 bits per heavy atom. The van der Waals surface area contributed by atoms with Crippen LogP contribution >= 0.6 is 0 Å². The number of ether oxygens (including phenoxy) is 1. The Morgan fingerprint density at radius 1 is 1.60 bits per heavy atom. The van der Waals surface area contributed by atoms with Crippen LogP contribution in [-0.2, 0) is 9.53 Å². The molecule has 0 spiro atoms. The summed E-state index contributed by atoms with van der Waals surface area (Å²) in [6.07, 6.45) is 0. The molecule has 5 heteroatoms. The maximum absolute atomic E-state index is 10.5. The van der Waals surface area contributed by atoms with E-state index in [1.807, 2.05) is 0 Å². The van der Waals surface area contributed by atoms with Gasteiger partial charge in [-0.1, -0.05) is 0 Å². The van der Waals surface area contributed by atoms with Gasteiger partial charge >= 0.3 is 5.97 Å². The monoisotopic (exact) mass is 141 g/mol. The molecule has 0 aromatic carbocycles. The number of hydrogen-bond acceptors (Lipinski definition) is 5. The number of esters is 1. The van der Waals surface area contributed by atoms with Gasteiger partial charge in [-0.3, -0.25) is 0 Å². The Morgan fingerprint density at radius 2 is 2.10 bits per heavy atom. The van der Waals surface area contributed by atoms with Crippen molar-refractivity contribution in [2.75, 3.05) is 7.11 Å². The predicted molar refractivity (Wildman–Crippen MR) is 33.0 cm³/mol. The largest absolute Gasteiger partial charge is 0.465 e. The molecule has 0 atom stereocenters. The molecule has 4 N–H and O–H groups in total. The van der Waals surface area contributed by atoms with E-state index >= 15 is 0 Å². The highest BCUT2D eigenvalue weighted by Crippen LogP contribution is 1.94. The van der Waals surface area contributed by atoms with Gasteiger partial charge in [-0.25, -0.2) is 4.79 Å². The van der Waals surface area contributed by atoms with Crippen LogP contribution in [-0.4, -0.2) is 13.1 Å². The molecule has 0 radical (unpaired) electrons. The third-order valence-corrected chi connectivity index (χ3v) is 0.790. The summed E-state index contributed by atoms with van der Waals surface area (Å²) in [5.41, 5.74) is 9.56. The fraction of sp³-hybridized carbons (Fsp3) is 0.200. The molecule has 0 aromatic heterocycles. The van der Waals surface area contributed by atoms with Crippen molar-refractivity contribution >= 4 is 5.97 Å². The van der Waals surface area contributed by atoms with Gasteiger partial charge in [0.1, 0.15) is 11.9 Å². The van der Waals surface area contributed by atoms with E-state index in [-0.39, 0.29) is 11.4 Å². The highest BCUT2D eigenvalue weighted by atomic mass is 16.5. The second kappa shape index (κ2) is 3.35. The molecule has 5 nitrogen and oxygen atoms in total. The van der Waals surface area contributed by atoms with Crippen LogP contribution < -0.4 is 11.5 Å². The summed E-state index contributed by atoms with van der Waals surface area (Å²) in [6.45, 7) is 0. The fourth-order valence-corrected chi connectivity index (χ4v) is 0.330. The van der Waals surface area contributed by atoms with Crippen molar-refractivity contribution in [2.24, 2.45) is 11.5 Å². The fourth-order valence-electron chi connectivity index (χ4n) is 0.330. The molecule has 10 heavy (non-hydrogen) atoms. The number of nitrogens with two attached hydrogens (primary N) is 2. The van der Waals surface area contributed by atoms with Gasteiger partial charge in [0.15, 0.2) is 5.57 Å². The van der Waals surface area contributed by atoms with E-state index in [1.54, 1.807) is 0 Å². The summed E-state index contributed by atoms with van der Waals surface area (Å²) >= 11 is 0. The lowest BCUT2D eigenvalue weighted by Crippen LogP contribution is -2.17. The minimum atomic E-state index is -0.817. The number of nitrogens with zero attached hydrogens (tertiary/aromatic N) is 1.